The van der Waals surface area contributed by atoms with Gasteiger partial charge in [-0.1, -0.05) is 24.3 Å². The Bertz CT molecular complexity index is 2330. The highest BCUT2D eigenvalue weighted by Crippen LogP contribution is 2.36. The predicted molar refractivity (Wildman–Crippen MR) is 228 cm³/mol. The van der Waals surface area contributed by atoms with Crippen molar-refractivity contribution < 1.29 is 32.6 Å². The van der Waals surface area contributed by atoms with E-state index in [1.54, 1.807) is 55.5 Å². The Hall–Kier alpha value is -6.25. The topological polar surface area (TPSA) is 128 Å². The third-order valence-corrected chi connectivity index (χ3v) is 11.1. The number of nitrogens with one attached hydrogen (secondary N) is 4. The molecule has 308 valence electrons. The second kappa shape index (κ2) is 17.7. The summed E-state index contributed by atoms with van der Waals surface area (Å²) in [7, 11) is 3.62. The average Bonchev–Trinajstić information content (AvgIpc) is 4.03. The van der Waals surface area contributed by atoms with Crippen LogP contribution in [-0.4, -0.2) is 81.9 Å². The van der Waals surface area contributed by atoms with Gasteiger partial charge in [0.1, 0.15) is 11.6 Å². The summed E-state index contributed by atoms with van der Waals surface area (Å²) in [5.41, 5.74) is 8.55. The van der Waals surface area contributed by atoms with Crippen molar-refractivity contribution in [1.82, 2.24) is 4.90 Å². The Balaban J connectivity index is 0.000000179. The number of hydrogen-bond acceptors (Lipinski definition) is 9. The molecular formula is C45H49F2N7O5. The van der Waals surface area contributed by atoms with Gasteiger partial charge in [-0.3, -0.25) is 14.4 Å². The standard InChI is InChI=1S/C23H25FN4O2.C22H24FN3O3/c1-14-5-4-6-20-22(14)18(23(30)26-20)12-25-16-7-8-21(19(24)11-16)28-10-9-17(13-28)27(3)15(2)29;1-14-4-3-5-18-21(14)16(22(27)25-18)13-24-15-6-7-19(17(23)12-15)26(2)9-8-20-28-10-11-29-20/h4-8,11-12,17,25H,9-10,13H2,1-3H3,(H,26,30);3-7,12-13,20,24H,8-11H2,1-2H3,(H,25,27)/b18-12-;16-13+. The van der Waals surface area contributed by atoms with E-state index in [1.165, 1.54) is 12.1 Å². The van der Waals surface area contributed by atoms with Crippen molar-refractivity contribution in [3.8, 4) is 0 Å². The van der Waals surface area contributed by atoms with E-state index in [2.05, 4.69) is 21.3 Å². The summed E-state index contributed by atoms with van der Waals surface area (Å²) in [6.45, 7) is 8.61. The number of amides is 3. The highest BCUT2D eigenvalue weighted by atomic mass is 19.1. The Kier molecular flexibility index (Phi) is 12.3. The van der Waals surface area contributed by atoms with Crippen LogP contribution in [0.1, 0.15) is 42.0 Å². The van der Waals surface area contributed by atoms with Crippen LogP contribution in [0.3, 0.4) is 0 Å². The maximum atomic E-state index is 14.8. The van der Waals surface area contributed by atoms with Gasteiger partial charge in [-0.15, -0.1) is 0 Å². The smallest absolute Gasteiger partial charge is 0.257 e. The summed E-state index contributed by atoms with van der Waals surface area (Å²) in [6.07, 6.45) is 4.53. The lowest BCUT2D eigenvalue weighted by Gasteiger charge is -2.24. The summed E-state index contributed by atoms with van der Waals surface area (Å²) in [5, 5.41) is 11.8. The third-order valence-electron chi connectivity index (χ3n) is 11.1. The average molecular weight is 806 g/mol. The normalized spacial score (nSPS) is 18.3. The minimum Gasteiger partial charge on any atom is -0.372 e. The number of likely N-dealkylation sites (N-methyl/N-ethyl adjacent to an activating group) is 1. The van der Waals surface area contributed by atoms with Crippen molar-refractivity contribution in [3.05, 3.63) is 119 Å². The molecule has 4 N–H and O–H groups in total. The highest BCUT2D eigenvalue weighted by molar-refractivity contribution is 6.32. The zero-order valence-electron chi connectivity index (χ0n) is 33.8. The van der Waals surface area contributed by atoms with Crippen LogP contribution in [0.25, 0.3) is 11.1 Å². The number of aryl methyl sites for hydroxylation is 2. The van der Waals surface area contributed by atoms with Crippen molar-refractivity contribution in [2.45, 2.75) is 45.9 Å². The highest BCUT2D eigenvalue weighted by Gasteiger charge is 2.29. The number of halogens is 2. The maximum absolute atomic E-state index is 14.8. The number of hydrogen-bond donors (Lipinski definition) is 4. The number of carbonyl (C=O) groups is 3. The molecule has 0 bridgehead atoms. The zero-order chi connectivity index (χ0) is 41.8. The van der Waals surface area contributed by atoms with E-state index in [9.17, 15) is 23.2 Å². The molecule has 0 radical (unpaired) electrons. The van der Waals surface area contributed by atoms with E-state index < -0.39 is 0 Å². The molecule has 1 atom stereocenters. The van der Waals surface area contributed by atoms with E-state index >= 15 is 0 Å². The molecular weight excluding hydrogens is 757 g/mol. The summed E-state index contributed by atoms with van der Waals surface area (Å²) in [5.74, 6) is -1.01. The lowest BCUT2D eigenvalue weighted by molar-refractivity contribution is -0.129. The quantitative estimate of drug-likeness (QED) is 0.122. The minimum absolute atomic E-state index is 0.0164. The van der Waals surface area contributed by atoms with Crippen LogP contribution in [0.15, 0.2) is 85.2 Å². The minimum atomic E-state index is -0.336. The molecule has 2 fully saturated rings. The van der Waals surface area contributed by atoms with E-state index in [4.69, 9.17) is 9.47 Å². The molecule has 4 heterocycles. The Morgan fingerprint density at radius 2 is 1.39 bits per heavy atom. The molecule has 0 spiro atoms. The molecule has 1 unspecified atom stereocenters. The Labute approximate surface area is 342 Å². The predicted octanol–water partition coefficient (Wildman–Crippen LogP) is 7.33. The first kappa shape index (κ1) is 40.9. The van der Waals surface area contributed by atoms with Crippen molar-refractivity contribution in [1.29, 1.82) is 0 Å². The summed E-state index contributed by atoms with van der Waals surface area (Å²) in [6, 6.07) is 21.4. The number of rotatable bonds is 10. The zero-order valence-corrected chi connectivity index (χ0v) is 33.8. The molecule has 0 aliphatic carbocycles. The van der Waals surface area contributed by atoms with Gasteiger partial charge in [-0.25, -0.2) is 8.78 Å². The van der Waals surface area contributed by atoms with Crippen LogP contribution >= 0.6 is 0 Å². The number of ether oxygens (including phenoxy) is 2. The molecule has 8 rings (SSSR count). The van der Waals surface area contributed by atoms with Crippen LogP contribution in [0.4, 0.5) is 42.9 Å². The van der Waals surface area contributed by atoms with Gasteiger partial charge in [0, 0.05) is 93.4 Å². The van der Waals surface area contributed by atoms with Gasteiger partial charge in [0.2, 0.25) is 5.91 Å². The van der Waals surface area contributed by atoms with Gasteiger partial charge in [0.25, 0.3) is 11.8 Å². The van der Waals surface area contributed by atoms with Crippen molar-refractivity contribution in [3.63, 3.8) is 0 Å². The lowest BCUT2D eigenvalue weighted by Crippen LogP contribution is -2.37. The van der Waals surface area contributed by atoms with Gasteiger partial charge in [0.05, 0.1) is 41.8 Å². The fourth-order valence-electron chi connectivity index (χ4n) is 7.74. The van der Waals surface area contributed by atoms with Crippen molar-refractivity contribution >= 4 is 63.0 Å². The first-order valence-electron chi connectivity index (χ1n) is 19.7. The van der Waals surface area contributed by atoms with Gasteiger partial charge in [-0.2, -0.15) is 0 Å². The number of benzene rings is 4. The molecule has 0 saturated carbocycles. The van der Waals surface area contributed by atoms with E-state index in [1.807, 2.05) is 67.1 Å². The number of fused-ring (bicyclic) bond motifs is 2. The van der Waals surface area contributed by atoms with Gasteiger partial charge < -0.3 is 45.4 Å². The number of nitrogens with zero attached hydrogens (tertiary/aromatic N) is 3. The van der Waals surface area contributed by atoms with E-state index in [-0.39, 0.29) is 41.7 Å². The van der Waals surface area contributed by atoms with E-state index in [0.29, 0.717) is 73.2 Å². The molecule has 2 saturated heterocycles. The number of anilines is 6. The summed E-state index contributed by atoms with van der Waals surface area (Å²) < 4.78 is 40.3. The SMILES string of the molecule is CC(=O)N(C)C1CCN(c2ccc(N/C=C3\C(=O)Nc4cccc(C)c43)cc2F)C1.Cc1cccc2c1/C(=C\Nc1ccc(N(C)CCC3OCCO3)c(F)c1)C(=O)N2. The largest absolute Gasteiger partial charge is 0.372 e. The van der Waals surface area contributed by atoms with Crippen LogP contribution in [-0.2, 0) is 23.9 Å². The second-order valence-corrected chi connectivity index (χ2v) is 15.0. The molecule has 12 nitrogen and oxygen atoms in total. The summed E-state index contributed by atoms with van der Waals surface area (Å²) in [4.78, 5) is 41.7. The van der Waals surface area contributed by atoms with E-state index in [0.717, 1.165) is 40.0 Å². The molecule has 4 aromatic rings. The monoisotopic (exact) mass is 805 g/mol. The molecule has 0 aromatic heterocycles. The second-order valence-electron chi connectivity index (χ2n) is 15.0. The third kappa shape index (κ3) is 9.08. The van der Waals surface area contributed by atoms with Crippen LogP contribution in [0.2, 0.25) is 0 Å². The fraction of sp³-hybridized carbons (Fsp3) is 0.311. The van der Waals surface area contributed by atoms with Crippen LogP contribution < -0.4 is 31.1 Å². The molecule has 14 heteroatoms. The molecule has 4 aromatic carbocycles. The van der Waals surface area contributed by atoms with Gasteiger partial charge in [0.15, 0.2) is 6.29 Å². The Morgan fingerprint density at radius 3 is 1.93 bits per heavy atom. The maximum Gasteiger partial charge on any atom is 0.257 e. The summed E-state index contributed by atoms with van der Waals surface area (Å²) >= 11 is 0. The molecule has 4 aliphatic heterocycles. The van der Waals surface area contributed by atoms with Gasteiger partial charge >= 0.3 is 0 Å². The fourth-order valence-corrected chi connectivity index (χ4v) is 7.74. The van der Waals surface area contributed by atoms with Gasteiger partial charge in [-0.05, 0) is 79.9 Å². The number of carbonyl (C=O) groups excluding carboxylic acids is 3. The first-order valence-corrected chi connectivity index (χ1v) is 19.7. The first-order chi connectivity index (χ1) is 28.4. The molecule has 4 aliphatic rings. The van der Waals surface area contributed by atoms with Crippen molar-refractivity contribution in [2.24, 2.45) is 0 Å². The van der Waals surface area contributed by atoms with Crippen LogP contribution in [0, 0.1) is 25.5 Å². The molecule has 59 heavy (non-hydrogen) atoms. The lowest BCUT2D eigenvalue weighted by atomic mass is 10.0. The Morgan fingerprint density at radius 1 is 0.831 bits per heavy atom. The van der Waals surface area contributed by atoms with Crippen LogP contribution in [0.5, 0.6) is 0 Å². The van der Waals surface area contributed by atoms with Crippen molar-refractivity contribution in [2.75, 3.05) is 78.0 Å². The molecule has 3 amide bonds.